The Morgan fingerprint density at radius 2 is 1.50 bits per heavy atom. The molecule has 70 valence electrons. The largest absolute Gasteiger partial charge is 0.449 e. The summed E-state index contributed by atoms with van der Waals surface area (Å²) in [7, 11) is 0. The third kappa shape index (κ3) is 3.47. The van der Waals surface area contributed by atoms with Crippen molar-refractivity contribution >= 4 is 25.0 Å². The second-order valence-corrected chi connectivity index (χ2v) is 2.11. The van der Waals surface area contributed by atoms with E-state index in [2.05, 4.69) is 22.3 Å². The first-order valence-electron chi connectivity index (χ1n) is 3.46. The van der Waals surface area contributed by atoms with Gasteiger partial charge in [-0.05, 0) is 26.7 Å². The smallest absolute Gasteiger partial charge is 0.429 e. The Morgan fingerprint density at radius 1 is 1.17 bits per heavy atom. The molecule has 0 unspecified atom stereocenters. The number of carbonyl (C=O) groups is 2. The summed E-state index contributed by atoms with van der Waals surface area (Å²) in [4.78, 5) is 21.6. The predicted octanol–water partition coefficient (Wildman–Crippen LogP) is 1.45. The average Bonchev–Trinajstić information content (AvgIpc) is 2.04. The van der Waals surface area contributed by atoms with Gasteiger partial charge < -0.3 is 9.47 Å². The maximum absolute atomic E-state index is 10.8. The third-order valence-corrected chi connectivity index (χ3v) is 1.21. The van der Waals surface area contributed by atoms with E-state index in [1.54, 1.807) is 13.8 Å². The molecule has 0 aromatic carbocycles. The fraction of sp³-hybridized carbons (Fsp3) is 0.667. The molecule has 0 atom stereocenters. The molecule has 0 heterocycles. The molecular weight excluding hydrogens is 182 g/mol. The fourth-order valence-electron chi connectivity index (χ4n) is 0.444. The summed E-state index contributed by atoms with van der Waals surface area (Å²) in [5.41, 5.74) is 0. The van der Waals surface area contributed by atoms with Crippen molar-refractivity contribution in [3.8, 4) is 0 Å². The minimum Gasteiger partial charge on any atom is -0.449 e. The van der Waals surface area contributed by atoms with Crippen LogP contribution in [0.15, 0.2) is 0 Å². The van der Waals surface area contributed by atoms with Gasteiger partial charge in [0.1, 0.15) is 0 Å². The molecular formula is C6H11NO4S. The van der Waals surface area contributed by atoms with Gasteiger partial charge in [-0.25, -0.2) is 9.59 Å². The molecule has 0 aliphatic rings. The Bertz CT molecular complexity index is 155. The van der Waals surface area contributed by atoms with Gasteiger partial charge in [-0.3, -0.25) is 0 Å². The number of rotatable bonds is 2. The van der Waals surface area contributed by atoms with Crippen molar-refractivity contribution in [1.82, 2.24) is 4.31 Å². The molecule has 0 radical (unpaired) electrons. The summed E-state index contributed by atoms with van der Waals surface area (Å²) >= 11 is 3.57. The van der Waals surface area contributed by atoms with Gasteiger partial charge in [-0.15, -0.1) is 0 Å². The van der Waals surface area contributed by atoms with E-state index in [1.165, 1.54) is 0 Å². The Hall–Kier alpha value is -0.910. The molecule has 0 aromatic rings. The van der Waals surface area contributed by atoms with Crippen LogP contribution in [0.25, 0.3) is 0 Å². The number of thiol groups is 1. The Labute approximate surface area is 76.2 Å². The van der Waals surface area contributed by atoms with Crippen LogP contribution in [0.5, 0.6) is 0 Å². The van der Waals surface area contributed by atoms with Gasteiger partial charge >= 0.3 is 12.2 Å². The topological polar surface area (TPSA) is 55.8 Å². The van der Waals surface area contributed by atoms with Crippen LogP contribution in [0, 0.1) is 0 Å². The number of hydrogen-bond donors (Lipinski definition) is 1. The van der Waals surface area contributed by atoms with Crippen LogP contribution in [-0.2, 0) is 9.47 Å². The summed E-state index contributed by atoms with van der Waals surface area (Å²) in [6, 6.07) is 0. The lowest BCUT2D eigenvalue weighted by molar-refractivity contribution is 0.108. The maximum atomic E-state index is 10.8. The number of imide groups is 1. The highest BCUT2D eigenvalue weighted by atomic mass is 32.1. The van der Waals surface area contributed by atoms with E-state index in [4.69, 9.17) is 0 Å². The second kappa shape index (κ2) is 5.70. The molecule has 0 aromatic heterocycles. The molecule has 0 rings (SSSR count). The predicted molar refractivity (Wildman–Crippen MR) is 44.9 cm³/mol. The van der Waals surface area contributed by atoms with E-state index in [0.29, 0.717) is 4.31 Å². The second-order valence-electron chi connectivity index (χ2n) is 1.71. The summed E-state index contributed by atoms with van der Waals surface area (Å²) in [5, 5.41) is 0. The van der Waals surface area contributed by atoms with Gasteiger partial charge in [0.25, 0.3) is 0 Å². The molecule has 0 spiro atoms. The van der Waals surface area contributed by atoms with E-state index in [1.807, 2.05) is 0 Å². The first-order valence-corrected chi connectivity index (χ1v) is 3.86. The number of amides is 2. The molecule has 5 nitrogen and oxygen atoms in total. The number of carbonyl (C=O) groups excluding carboxylic acids is 2. The number of hydrogen-bond acceptors (Lipinski definition) is 5. The highest BCUT2D eigenvalue weighted by molar-refractivity contribution is 7.79. The van der Waals surface area contributed by atoms with Gasteiger partial charge in [0.15, 0.2) is 0 Å². The van der Waals surface area contributed by atoms with E-state index in [9.17, 15) is 9.59 Å². The van der Waals surface area contributed by atoms with E-state index >= 15 is 0 Å². The monoisotopic (exact) mass is 193 g/mol. The van der Waals surface area contributed by atoms with Crippen LogP contribution >= 0.6 is 12.8 Å². The molecule has 0 saturated carbocycles. The minimum absolute atomic E-state index is 0.190. The van der Waals surface area contributed by atoms with Gasteiger partial charge in [-0.2, -0.15) is 4.31 Å². The van der Waals surface area contributed by atoms with Crippen molar-refractivity contribution in [1.29, 1.82) is 0 Å². The SMILES string of the molecule is CCOC(=O)N(S)C(=O)OCC. The van der Waals surface area contributed by atoms with Crippen molar-refractivity contribution in [3.63, 3.8) is 0 Å². The van der Waals surface area contributed by atoms with Gasteiger partial charge in [0, 0.05) is 0 Å². The highest BCUT2D eigenvalue weighted by Gasteiger charge is 2.19. The molecule has 0 fully saturated rings. The lowest BCUT2D eigenvalue weighted by Crippen LogP contribution is -2.29. The Morgan fingerprint density at radius 3 is 1.75 bits per heavy atom. The first kappa shape index (κ1) is 11.1. The van der Waals surface area contributed by atoms with Gasteiger partial charge in [0.2, 0.25) is 0 Å². The zero-order valence-electron chi connectivity index (χ0n) is 6.94. The molecule has 2 amide bonds. The normalized spacial score (nSPS) is 8.92. The molecule has 0 aliphatic carbocycles. The van der Waals surface area contributed by atoms with Crippen LogP contribution in [0.4, 0.5) is 9.59 Å². The lowest BCUT2D eigenvalue weighted by Gasteiger charge is -2.11. The van der Waals surface area contributed by atoms with E-state index in [-0.39, 0.29) is 13.2 Å². The van der Waals surface area contributed by atoms with Crippen LogP contribution in [0.1, 0.15) is 13.8 Å². The number of ether oxygens (including phenoxy) is 2. The standard InChI is InChI=1S/C6H11NO4S/c1-3-10-5(8)7(12)6(9)11-4-2/h12H,3-4H2,1-2H3. The van der Waals surface area contributed by atoms with Crippen LogP contribution < -0.4 is 0 Å². The van der Waals surface area contributed by atoms with Crippen molar-refractivity contribution < 1.29 is 19.1 Å². The summed E-state index contributed by atoms with van der Waals surface area (Å²) in [6.07, 6.45) is -1.67. The van der Waals surface area contributed by atoms with Crippen molar-refractivity contribution in [2.75, 3.05) is 13.2 Å². The summed E-state index contributed by atoms with van der Waals surface area (Å²) in [5.74, 6) is 0. The molecule has 0 aliphatic heterocycles. The minimum atomic E-state index is -0.834. The molecule has 0 saturated heterocycles. The van der Waals surface area contributed by atoms with Crippen LogP contribution in [0.3, 0.4) is 0 Å². The van der Waals surface area contributed by atoms with Crippen molar-refractivity contribution in [2.24, 2.45) is 0 Å². The van der Waals surface area contributed by atoms with Crippen LogP contribution in [-0.4, -0.2) is 29.7 Å². The fourth-order valence-corrected chi connectivity index (χ4v) is 0.559. The summed E-state index contributed by atoms with van der Waals surface area (Å²) in [6.45, 7) is 3.64. The molecule has 12 heavy (non-hydrogen) atoms. The summed E-state index contributed by atoms with van der Waals surface area (Å²) < 4.78 is 9.44. The quantitative estimate of drug-likeness (QED) is 0.674. The van der Waals surface area contributed by atoms with Crippen molar-refractivity contribution in [2.45, 2.75) is 13.8 Å². The van der Waals surface area contributed by atoms with Gasteiger partial charge in [0.05, 0.1) is 13.2 Å². The number of nitrogens with zero attached hydrogens (tertiary/aromatic N) is 1. The van der Waals surface area contributed by atoms with E-state index in [0.717, 1.165) is 0 Å². The molecule has 6 heteroatoms. The third-order valence-electron chi connectivity index (χ3n) is 0.881. The zero-order valence-corrected chi connectivity index (χ0v) is 7.84. The van der Waals surface area contributed by atoms with Crippen molar-refractivity contribution in [3.05, 3.63) is 0 Å². The molecule has 0 N–H and O–H groups in total. The van der Waals surface area contributed by atoms with Crippen LogP contribution in [0.2, 0.25) is 0 Å². The van der Waals surface area contributed by atoms with Gasteiger partial charge in [-0.1, -0.05) is 0 Å². The first-order chi connectivity index (χ1) is 5.63. The average molecular weight is 193 g/mol. The Balaban J connectivity index is 3.91. The zero-order chi connectivity index (χ0) is 9.56. The highest BCUT2D eigenvalue weighted by Crippen LogP contribution is 2.01. The van der Waals surface area contributed by atoms with E-state index < -0.39 is 12.2 Å². The maximum Gasteiger partial charge on any atom is 0.429 e. The Kier molecular flexibility index (Phi) is 5.27. The lowest BCUT2D eigenvalue weighted by atomic mass is 10.8. The molecule has 0 bridgehead atoms.